The van der Waals surface area contributed by atoms with Crippen LogP contribution in [0.3, 0.4) is 0 Å². The Kier molecular flexibility index (Phi) is 10.0. The van der Waals surface area contributed by atoms with Gasteiger partial charge in [0, 0.05) is 57.4 Å². The number of aliphatic imine (C=N–C) groups is 1. The molecular weight excluding hydrogens is 524 g/mol. The fourth-order valence-corrected chi connectivity index (χ4v) is 4.08. The Morgan fingerprint density at radius 2 is 1.81 bits per heavy atom. The molecule has 2 aromatic rings. The number of benzene rings is 2. The number of nitrogens with one attached hydrogen (secondary N) is 1. The highest BCUT2D eigenvalue weighted by atomic mass is 127. The summed E-state index contributed by atoms with van der Waals surface area (Å²) in [5, 5.41) is 3.53. The molecule has 1 aliphatic heterocycles. The number of hydrogen-bond acceptors (Lipinski definition) is 4. The van der Waals surface area contributed by atoms with Crippen LogP contribution in [0.15, 0.2) is 47.5 Å². The van der Waals surface area contributed by atoms with Gasteiger partial charge in [0.05, 0.1) is 14.2 Å². The number of guanidine groups is 1. The topological polar surface area (TPSA) is 55.3 Å². The highest BCUT2D eigenvalue weighted by Crippen LogP contribution is 2.34. The summed E-state index contributed by atoms with van der Waals surface area (Å²) in [6, 6.07) is 12.6. The Hall–Kier alpha value is -2.07. The lowest BCUT2D eigenvalue weighted by molar-refractivity contribution is 0.0512. The van der Waals surface area contributed by atoms with Gasteiger partial charge in [-0.1, -0.05) is 12.1 Å². The van der Waals surface area contributed by atoms with Gasteiger partial charge in [0.15, 0.2) is 5.96 Å². The van der Waals surface area contributed by atoms with Crippen LogP contribution >= 0.6 is 24.0 Å². The summed E-state index contributed by atoms with van der Waals surface area (Å²) < 4.78 is 29.9. The van der Waals surface area contributed by atoms with Gasteiger partial charge in [-0.05, 0) is 42.7 Å². The largest absolute Gasteiger partial charge is 0.497 e. The quantitative estimate of drug-likeness (QED) is 0.314. The third-order valence-electron chi connectivity index (χ3n) is 5.97. The second kappa shape index (κ2) is 12.2. The summed E-state index contributed by atoms with van der Waals surface area (Å²) >= 11 is 0. The maximum atomic E-state index is 13.5. The minimum Gasteiger partial charge on any atom is -0.497 e. The molecule has 0 aliphatic carbocycles. The zero-order valence-electron chi connectivity index (χ0n) is 19.2. The van der Waals surface area contributed by atoms with Crippen molar-refractivity contribution in [1.29, 1.82) is 0 Å². The Balaban J connectivity index is 0.00000363. The van der Waals surface area contributed by atoms with E-state index in [1.54, 1.807) is 21.3 Å². The Morgan fingerprint density at radius 1 is 1.12 bits per heavy atom. The number of hydrogen-bond donors (Lipinski definition) is 1. The van der Waals surface area contributed by atoms with Crippen LogP contribution in [-0.4, -0.2) is 58.9 Å². The molecule has 8 heteroatoms. The monoisotopic (exact) mass is 557 g/mol. The van der Waals surface area contributed by atoms with Crippen LogP contribution in [0.4, 0.5) is 4.39 Å². The Bertz CT molecular complexity index is 887. The molecule has 1 N–H and O–H groups in total. The standard InChI is InChI=1S/C24H32FN3O3.HI/c1-26-23(28(2)16-18-5-10-21(29-3)15-22(18)30-4)27-17-24(11-13-31-14-12-24)19-6-8-20(25)9-7-19;/h5-10,15H,11-14,16-17H2,1-4H3,(H,26,27);1H. The smallest absolute Gasteiger partial charge is 0.193 e. The first-order chi connectivity index (χ1) is 15.0. The number of halogens is 2. The fourth-order valence-electron chi connectivity index (χ4n) is 4.08. The van der Waals surface area contributed by atoms with Crippen LogP contribution < -0.4 is 14.8 Å². The first kappa shape index (κ1) is 26.2. The number of rotatable bonds is 7. The molecule has 0 aromatic heterocycles. The summed E-state index contributed by atoms with van der Waals surface area (Å²) in [6.45, 7) is 2.70. The van der Waals surface area contributed by atoms with Gasteiger partial charge in [-0.15, -0.1) is 24.0 Å². The maximum absolute atomic E-state index is 13.5. The molecule has 0 unspecified atom stereocenters. The maximum Gasteiger partial charge on any atom is 0.193 e. The first-order valence-corrected chi connectivity index (χ1v) is 10.5. The highest BCUT2D eigenvalue weighted by Gasteiger charge is 2.35. The molecular formula is C24H33FIN3O3. The van der Waals surface area contributed by atoms with Crippen molar-refractivity contribution in [3.8, 4) is 11.5 Å². The molecule has 176 valence electrons. The lowest BCUT2D eigenvalue weighted by Crippen LogP contribution is -2.48. The predicted molar refractivity (Wildman–Crippen MR) is 136 cm³/mol. The van der Waals surface area contributed by atoms with Gasteiger partial charge in [0.2, 0.25) is 0 Å². The van der Waals surface area contributed by atoms with E-state index >= 15 is 0 Å². The molecule has 1 saturated heterocycles. The second-order valence-electron chi connectivity index (χ2n) is 7.83. The molecule has 32 heavy (non-hydrogen) atoms. The van der Waals surface area contributed by atoms with Gasteiger partial charge in [-0.25, -0.2) is 4.39 Å². The predicted octanol–water partition coefficient (Wildman–Crippen LogP) is 4.22. The van der Waals surface area contributed by atoms with Gasteiger partial charge in [0.1, 0.15) is 17.3 Å². The highest BCUT2D eigenvalue weighted by molar-refractivity contribution is 14.0. The lowest BCUT2D eigenvalue weighted by atomic mass is 9.74. The van der Waals surface area contributed by atoms with E-state index in [9.17, 15) is 4.39 Å². The summed E-state index contributed by atoms with van der Waals surface area (Å²) in [6.07, 6.45) is 1.75. The number of ether oxygens (including phenoxy) is 3. The first-order valence-electron chi connectivity index (χ1n) is 10.5. The average molecular weight is 557 g/mol. The Labute approximate surface area is 207 Å². The molecule has 1 aliphatic rings. The van der Waals surface area contributed by atoms with Crippen molar-refractivity contribution in [3.63, 3.8) is 0 Å². The molecule has 0 radical (unpaired) electrons. The van der Waals surface area contributed by atoms with Gasteiger partial charge in [-0.2, -0.15) is 0 Å². The minimum absolute atomic E-state index is 0. The van der Waals surface area contributed by atoms with E-state index in [0.717, 1.165) is 41.4 Å². The second-order valence-corrected chi connectivity index (χ2v) is 7.83. The normalized spacial score (nSPS) is 15.5. The van der Waals surface area contributed by atoms with Crippen LogP contribution in [-0.2, 0) is 16.7 Å². The fraction of sp³-hybridized carbons (Fsp3) is 0.458. The molecule has 1 heterocycles. The molecule has 0 spiro atoms. The van der Waals surface area contributed by atoms with E-state index in [4.69, 9.17) is 14.2 Å². The molecule has 6 nitrogen and oxygen atoms in total. The van der Waals surface area contributed by atoms with Crippen molar-refractivity contribution in [2.45, 2.75) is 24.8 Å². The lowest BCUT2D eigenvalue weighted by Gasteiger charge is -2.39. The van der Waals surface area contributed by atoms with Gasteiger partial charge in [0.25, 0.3) is 0 Å². The molecule has 0 saturated carbocycles. The van der Waals surface area contributed by atoms with Crippen LogP contribution in [0.25, 0.3) is 0 Å². The van der Waals surface area contributed by atoms with Gasteiger partial charge >= 0.3 is 0 Å². The molecule has 0 bridgehead atoms. The van der Waals surface area contributed by atoms with Crippen molar-refractivity contribution >= 4 is 29.9 Å². The van der Waals surface area contributed by atoms with Crippen molar-refractivity contribution in [2.24, 2.45) is 4.99 Å². The molecule has 0 atom stereocenters. The molecule has 1 fully saturated rings. The van der Waals surface area contributed by atoms with Crippen LogP contribution in [0.2, 0.25) is 0 Å². The summed E-state index contributed by atoms with van der Waals surface area (Å²) in [5.41, 5.74) is 2.04. The zero-order chi connectivity index (χ0) is 22.3. The molecule has 0 amide bonds. The van der Waals surface area contributed by atoms with Crippen molar-refractivity contribution in [2.75, 3.05) is 48.1 Å². The van der Waals surface area contributed by atoms with Crippen molar-refractivity contribution < 1.29 is 18.6 Å². The van der Waals surface area contributed by atoms with Gasteiger partial charge < -0.3 is 24.4 Å². The molecule has 3 rings (SSSR count). The van der Waals surface area contributed by atoms with E-state index in [-0.39, 0.29) is 35.2 Å². The summed E-state index contributed by atoms with van der Waals surface area (Å²) in [7, 11) is 7.06. The third kappa shape index (κ3) is 6.25. The summed E-state index contributed by atoms with van der Waals surface area (Å²) in [5.74, 6) is 2.09. The van der Waals surface area contributed by atoms with E-state index in [2.05, 4.69) is 15.2 Å². The van der Waals surface area contributed by atoms with Crippen LogP contribution in [0.1, 0.15) is 24.0 Å². The summed E-state index contributed by atoms with van der Waals surface area (Å²) in [4.78, 5) is 6.53. The van der Waals surface area contributed by atoms with Crippen molar-refractivity contribution in [3.05, 3.63) is 59.4 Å². The molecule has 2 aromatic carbocycles. The van der Waals surface area contributed by atoms with E-state index in [1.807, 2.05) is 37.4 Å². The SMILES string of the molecule is CN=C(NCC1(c2ccc(F)cc2)CCOCC1)N(C)Cc1ccc(OC)cc1OC.I. The van der Waals surface area contributed by atoms with Crippen LogP contribution in [0.5, 0.6) is 11.5 Å². The van der Waals surface area contributed by atoms with Gasteiger partial charge in [-0.3, -0.25) is 4.99 Å². The number of methoxy groups -OCH3 is 2. The Morgan fingerprint density at radius 3 is 2.41 bits per heavy atom. The van der Waals surface area contributed by atoms with Crippen molar-refractivity contribution in [1.82, 2.24) is 10.2 Å². The minimum atomic E-state index is -0.220. The van der Waals surface area contributed by atoms with E-state index < -0.39 is 0 Å². The third-order valence-corrected chi connectivity index (χ3v) is 5.97. The number of nitrogens with zero attached hydrogens (tertiary/aromatic N) is 2. The van der Waals surface area contributed by atoms with E-state index in [1.165, 1.54) is 12.1 Å². The average Bonchev–Trinajstić information content (AvgIpc) is 2.80. The van der Waals surface area contributed by atoms with Crippen LogP contribution in [0, 0.1) is 5.82 Å². The van der Waals surface area contributed by atoms with E-state index in [0.29, 0.717) is 26.3 Å². The zero-order valence-corrected chi connectivity index (χ0v) is 21.5.